The molecule has 1 aromatic rings. The lowest BCUT2D eigenvalue weighted by Gasteiger charge is -1.92. The van der Waals surface area contributed by atoms with Gasteiger partial charge in [0.05, 0.1) is 23.1 Å². The predicted molar refractivity (Wildman–Crippen MR) is 40.2 cm³/mol. The van der Waals surface area contributed by atoms with E-state index >= 15 is 0 Å². The summed E-state index contributed by atoms with van der Waals surface area (Å²) in [7, 11) is -3.21. The van der Waals surface area contributed by atoms with E-state index in [9.17, 15) is 8.42 Å². The SMILES string of the molecule is CS(=O)(=O)n1cc(Br)cn1. The molecule has 0 aliphatic rings. The highest BCUT2D eigenvalue weighted by atomic mass is 79.9. The summed E-state index contributed by atoms with van der Waals surface area (Å²) >= 11 is 3.08. The molecule has 10 heavy (non-hydrogen) atoms. The van der Waals surface area contributed by atoms with Crippen LogP contribution in [-0.2, 0) is 10.0 Å². The molecular formula is C4H5BrN2O2S. The van der Waals surface area contributed by atoms with Gasteiger partial charge in [0.2, 0.25) is 0 Å². The Morgan fingerprint density at radius 1 is 1.70 bits per heavy atom. The van der Waals surface area contributed by atoms with Crippen molar-refractivity contribution in [1.29, 1.82) is 0 Å². The van der Waals surface area contributed by atoms with Crippen molar-refractivity contribution in [1.82, 2.24) is 9.19 Å². The molecule has 56 valence electrons. The largest absolute Gasteiger partial charge is 0.250 e. The van der Waals surface area contributed by atoms with Crippen LogP contribution >= 0.6 is 15.9 Å². The molecule has 0 bridgehead atoms. The minimum absolute atomic E-state index is 0.651. The molecule has 0 radical (unpaired) electrons. The number of hydrogen-bond acceptors (Lipinski definition) is 3. The van der Waals surface area contributed by atoms with Crippen LogP contribution in [-0.4, -0.2) is 23.9 Å². The van der Waals surface area contributed by atoms with Crippen LogP contribution in [0.15, 0.2) is 16.9 Å². The Morgan fingerprint density at radius 3 is 2.50 bits per heavy atom. The molecule has 0 saturated heterocycles. The lowest BCUT2D eigenvalue weighted by atomic mass is 10.8. The van der Waals surface area contributed by atoms with Gasteiger partial charge in [0.15, 0.2) is 0 Å². The summed E-state index contributed by atoms with van der Waals surface area (Å²) in [5.41, 5.74) is 0. The summed E-state index contributed by atoms with van der Waals surface area (Å²) < 4.78 is 23.0. The van der Waals surface area contributed by atoms with Crippen LogP contribution in [0.2, 0.25) is 0 Å². The zero-order valence-electron chi connectivity index (χ0n) is 5.15. The number of nitrogens with zero attached hydrogens (tertiary/aromatic N) is 2. The van der Waals surface area contributed by atoms with E-state index in [4.69, 9.17) is 0 Å². The topological polar surface area (TPSA) is 52.0 Å². The molecule has 0 saturated carbocycles. The smallest absolute Gasteiger partial charge is 0.205 e. The molecule has 6 heteroatoms. The first-order valence-electron chi connectivity index (χ1n) is 2.41. The second kappa shape index (κ2) is 2.35. The molecule has 1 heterocycles. The van der Waals surface area contributed by atoms with Crippen molar-refractivity contribution < 1.29 is 8.42 Å². The lowest BCUT2D eigenvalue weighted by molar-refractivity contribution is 0.586. The average molecular weight is 225 g/mol. The average Bonchev–Trinajstić information content (AvgIpc) is 2.11. The van der Waals surface area contributed by atoms with Gasteiger partial charge in [-0.3, -0.25) is 0 Å². The van der Waals surface area contributed by atoms with E-state index < -0.39 is 10.0 Å². The third kappa shape index (κ3) is 1.57. The zero-order valence-corrected chi connectivity index (χ0v) is 7.55. The van der Waals surface area contributed by atoms with Crippen molar-refractivity contribution in [3.8, 4) is 0 Å². The van der Waals surface area contributed by atoms with E-state index in [0.29, 0.717) is 4.47 Å². The first-order valence-corrected chi connectivity index (χ1v) is 5.05. The van der Waals surface area contributed by atoms with E-state index in [-0.39, 0.29) is 0 Å². The van der Waals surface area contributed by atoms with Gasteiger partial charge in [-0.1, -0.05) is 0 Å². The Bertz CT molecular complexity index is 329. The lowest BCUT2D eigenvalue weighted by Crippen LogP contribution is -2.09. The Kier molecular flexibility index (Phi) is 1.82. The predicted octanol–water partition coefficient (Wildman–Crippen LogP) is 0.453. The molecule has 0 aromatic carbocycles. The molecule has 1 rings (SSSR count). The summed E-state index contributed by atoms with van der Waals surface area (Å²) in [5, 5.41) is 3.57. The van der Waals surface area contributed by atoms with Gasteiger partial charge in [0.1, 0.15) is 0 Å². The minimum atomic E-state index is -3.21. The van der Waals surface area contributed by atoms with Crippen LogP contribution in [0.25, 0.3) is 0 Å². The first-order chi connectivity index (χ1) is 4.50. The summed E-state index contributed by atoms with van der Waals surface area (Å²) in [4.78, 5) is 0. The van der Waals surface area contributed by atoms with Gasteiger partial charge in [-0.15, -0.1) is 0 Å². The van der Waals surface area contributed by atoms with Crippen LogP contribution in [0.5, 0.6) is 0 Å². The van der Waals surface area contributed by atoms with Crippen LogP contribution in [0.1, 0.15) is 0 Å². The van der Waals surface area contributed by atoms with E-state index in [1.807, 2.05) is 0 Å². The Hall–Kier alpha value is -0.360. The van der Waals surface area contributed by atoms with Crippen molar-refractivity contribution in [2.24, 2.45) is 0 Å². The van der Waals surface area contributed by atoms with Crippen molar-refractivity contribution in [2.45, 2.75) is 0 Å². The summed E-state index contributed by atoms with van der Waals surface area (Å²) in [6.45, 7) is 0. The van der Waals surface area contributed by atoms with E-state index in [1.54, 1.807) is 0 Å². The maximum atomic E-state index is 10.7. The third-order valence-electron chi connectivity index (χ3n) is 0.868. The van der Waals surface area contributed by atoms with Gasteiger partial charge in [0.25, 0.3) is 10.0 Å². The maximum Gasteiger partial charge on any atom is 0.250 e. The fourth-order valence-electron chi connectivity index (χ4n) is 0.466. The number of hydrogen-bond donors (Lipinski definition) is 0. The van der Waals surface area contributed by atoms with Gasteiger partial charge >= 0.3 is 0 Å². The maximum absolute atomic E-state index is 10.7. The van der Waals surface area contributed by atoms with Crippen molar-refractivity contribution in [3.05, 3.63) is 16.9 Å². The molecule has 1 aromatic heterocycles. The number of rotatable bonds is 1. The fourth-order valence-corrected chi connectivity index (χ4v) is 1.41. The molecule has 0 spiro atoms. The summed E-state index contributed by atoms with van der Waals surface area (Å²) in [5.74, 6) is 0. The fraction of sp³-hybridized carbons (Fsp3) is 0.250. The minimum Gasteiger partial charge on any atom is -0.205 e. The standard InChI is InChI=1S/C4H5BrN2O2S/c1-10(8,9)7-3-4(5)2-6-7/h2-3H,1H3. The monoisotopic (exact) mass is 224 g/mol. The van der Waals surface area contributed by atoms with Crippen molar-refractivity contribution in [2.75, 3.05) is 6.26 Å². The highest BCUT2D eigenvalue weighted by molar-refractivity contribution is 9.10. The van der Waals surface area contributed by atoms with Gasteiger partial charge in [-0.25, -0.2) is 8.42 Å². The van der Waals surface area contributed by atoms with Gasteiger partial charge in [-0.05, 0) is 15.9 Å². The molecule has 0 unspecified atom stereocenters. The zero-order chi connectivity index (χ0) is 7.78. The van der Waals surface area contributed by atoms with Crippen LogP contribution < -0.4 is 0 Å². The van der Waals surface area contributed by atoms with Crippen LogP contribution in [0, 0.1) is 0 Å². The van der Waals surface area contributed by atoms with Crippen LogP contribution in [0.3, 0.4) is 0 Å². The molecule has 0 amide bonds. The summed E-state index contributed by atoms with van der Waals surface area (Å²) in [6, 6.07) is 0. The molecule has 0 atom stereocenters. The summed E-state index contributed by atoms with van der Waals surface area (Å²) in [6.07, 6.45) is 3.89. The molecule has 0 fully saturated rings. The highest BCUT2D eigenvalue weighted by Gasteiger charge is 2.04. The first kappa shape index (κ1) is 7.74. The molecule has 4 nitrogen and oxygen atoms in total. The molecule has 0 N–H and O–H groups in total. The quantitative estimate of drug-likeness (QED) is 0.697. The van der Waals surface area contributed by atoms with Crippen LogP contribution in [0.4, 0.5) is 0 Å². The second-order valence-electron chi connectivity index (χ2n) is 1.79. The van der Waals surface area contributed by atoms with Crippen molar-refractivity contribution in [3.63, 3.8) is 0 Å². The van der Waals surface area contributed by atoms with E-state index in [1.165, 1.54) is 12.4 Å². The molecule has 0 aliphatic carbocycles. The van der Waals surface area contributed by atoms with Crippen molar-refractivity contribution >= 4 is 26.0 Å². The molecular weight excluding hydrogens is 220 g/mol. The number of aromatic nitrogens is 2. The van der Waals surface area contributed by atoms with E-state index in [2.05, 4.69) is 21.0 Å². The third-order valence-corrected chi connectivity index (χ3v) is 2.16. The Morgan fingerprint density at radius 2 is 2.30 bits per heavy atom. The van der Waals surface area contributed by atoms with E-state index in [0.717, 1.165) is 10.3 Å². The Balaban J connectivity index is 3.21. The Labute approximate surface area is 67.0 Å². The van der Waals surface area contributed by atoms with Gasteiger partial charge in [0, 0.05) is 0 Å². The number of halogens is 1. The van der Waals surface area contributed by atoms with Gasteiger partial charge in [-0.2, -0.15) is 9.19 Å². The molecule has 0 aliphatic heterocycles. The normalized spacial score (nSPS) is 11.8. The highest BCUT2D eigenvalue weighted by Crippen LogP contribution is 2.06. The second-order valence-corrected chi connectivity index (χ2v) is 4.55. The van der Waals surface area contributed by atoms with Gasteiger partial charge < -0.3 is 0 Å².